The van der Waals surface area contributed by atoms with Crippen molar-refractivity contribution in [2.24, 2.45) is 7.05 Å². The number of halogens is 1. The third kappa shape index (κ3) is 2.88. The maximum absolute atomic E-state index is 14.1. The standard InChI is InChI=1S/C21H19FN6OS/c1-13-19(20(29)28(26(13)2)14-7-4-3-5-8-14)27-21(23-24-25-27)30-18-12-11-15-16(18)9-6-10-17(15)22/h3-10,18H,11-12H2,1-2H3. The second kappa shape index (κ2) is 7.24. The van der Waals surface area contributed by atoms with Crippen LogP contribution < -0.4 is 5.56 Å². The van der Waals surface area contributed by atoms with Crippen molar-refractivity contribution in [2.75, 3.05) is 0 Å². The second-order valence-electron chi connectivity index (χ2n) is 7.24. The quantitative estimate of drug-likeness (QED) is 0.504. The molecule has 0 spiro atoms. The number of rotatable bonds is 4. The molecule has 0 fully saturated rings. The van der Waals surface area contributed by atoms with Gasteiger partial charge in [-0.15, -0.1) is 5.10 Å². The molecule has 1 atom stereocenters. The highest BCUT2D eigenvalue weighted by Gasteiger charge is 2.29. The fraction of sp³-hybridized carbons (Fsp3) is 0.238. The smallest absolute Gasteiger partial charge is 0.283 e. The highest BCUT2D eigenvalue weighted by molar-refractivity contribution is 7.99. The Labute approximate surface area is 176 Å². The molecule has 0 N–H and O–H groups in total. The van der Waals surface area contributed by atoms with E-state index in [4.69, 9.17) is 0 Å². The lowest BCUT2D eigenvalue weighted by atomic mass is 10.1. The Hall–Kier alpha value is -3.20. The van der Waals surface area contributed by atoms with E-state index in [-0.39, 0.29) is 16.6 Å². The van der Waals surface area contributed by atoms with Crippen molar-refractivity contribution in [3.05, 3.63) is 81.5 Å². The minimum Gasteiger partial charge on any atom is -0.283 e. The Balaban J connectivity index is 1.56. The van der Waals surface area contributed by atoms with E-state index in [2.05, 4.69) is 15.5 Å². The lowest BCUT2D eigenvalue weighted by Gasteiger charge is -2.10. The van der Waals surface area contributed by atoms with Crippen molar-refractivity contribution >= 4 is 11.8 Å². The Morgan fingerprint density at radius 2 is 1.93 bits per heavy atom. The average molecular weight is 422 g/mol. The number of benzene rings is 2. The van der Waals surface area contributed by atoms with E-state index < -0.39 is 0 Å². The van der Waals surface area contributed by atoms with Crippen molar-refractivity contribution in [2.45, 2.75) is 30.2 Å². The summed E-state index contributed by atoms with van der Waals surface area (Å²) in [5.41, 5.74) is 3.45. The zero-order chi connectivity index (χ0) is 20.8. The lowest BCUT2D eigenvalue weighted by molar-refractivity contribution is 0.613. The van der Waals surface area contributed by atoms with Gasteiger partial charge in [-0.1, -0.05) is 42.1 Å². The first-order valence-corrected chi connectivity index (χ1v) is 10.5. The van der Waals surface area contributed by atoms with Crippen LogP contribution in [0.3, 0.4) is 0 Å². The van der Waals surface area contributed by atoms with Gasteiger partial charge in [-0.25, -0.2) is 9.07 Å². The Morgan fingerprint density at radius 3 is 2.73 bits per heavy atom. The zero-order valence-electron chi connectivity index (χ0n) is 16.5. The van der Waals surface area contributed by atoms with E-state index in [1.807, 2.05) is 50.4 Å². The molecule has 7 nitrogen and oxygen atoms in total. The number of aromatic nitrogens is 6. The van der Waals surface area contributed by atoms with E-state index >= 15 is 0 Å². The highest BCUT2D eigenvalue weighted by atomic mass is 32.2. The van der Waals surface area contributed by atoms with E-state index in [9.17, 15) is 9.18 Å². The molecule has 0 radical (unpaired) electrons. The number of hydrogen-bond donors (Lipinski definition) is 0. The monoisotopic (exact) mass is 422 g/mol. The average Bonchev–Trinajstić information content (AvgIpc) is 3.42. The van der Waals surface area contributed by atoms with Crippen LogP contribution in [0.1, 0.15) is 28.5 Å². The fourth-order valence-corrected chi connectivity index (χ4v) is 5.16. The molecule has 4 aromatic rings. The number of nitrogens with zero attached hydrogens (tertiary/aromatic N) is 6. The SMILES string of the molecule is Cc1c(-n2nnnc2SC2CCc3c(F)cccc32)c(=O)n(-c2ccccc2)n1C. The summed E-state index contributed by atoms with van der Waals surface area (Å²) < 4.78 is 19.0. The summed E-state index contributed by atoms with van der Waals surface area (Å²) in [6, 6.07) is 14.6. The maximum Gasteiger partial charge on any atom is 0.297 e. The molecule has 0 saturated heterocycles. The highest BCUT2D eigenvalue weighted by Crippen LogP contribution is 2.44. The van der Waals surface area contributed by atoms with Gasteiger partial charge < -0.3 is 0 Å². The topological polar surface area (TPSA) is 70.5 Å². The van der Waals surface area contributed by atoms with Crippen molar-refractivity contribution in [1.29, 1.82) is 0 Å². The Morgan fingerprint density at radius 1 is 1.13 bits per heavy atom. The van der Waals surface area contributed by atoms with Crippen LogP contribution in [0.4, 0.5) is 4.39 Å². The fourth-order valence-electron chi connectivity index (χ4n) is 4.01. The molecule has 0 amide bonds. The molecule has 0 aliphatic heterocycles. The minimum absolute atomic E-state index is 0.0424. The molecule has 0 bridgehead atoms. The molecule has 1 aliphatic rings. The van der Waals surface area contributed by atoms with Crippen molar-refractivity contribution in [3.63, 3.8) is 0 Å². The van der Waals surface area contributed by atoms with Crippen LogP contribution in [0, 0.1) is 12.7 Å². The van der Waals surface area contributed by atoms with E-state index in [0.29, 0.717) is 17.3 Å². The normalized spacial score (nSPS) is 15.5. The molecule has 2 heterocycles. The van der Waals surface area contributed by atoms with Crippen molar-refractivity contribution < 1.29 is 4.39 Å². The molecule has 2 aromatic heterocycles. The van der Waals surface area contributed by atoms with Crippen molar-refractivity contribution in [3.8, 4) is 11.4 Å². The zero-order valence-corrected chi connectivity index (χ0v) is 17.3. The van der Waals surface area contributed by atoms with Crippen LogP contribution in [-0.2, 0) is 13.5 Å². The van der Waals surface area contributed by atoms with Gasteiger partial charge in [0.1, 0.15) is 5.82 Å². The summed E-state index contributed by atoms with van der Waals surface area (Å²) in [6.45, 7) is 1.87. The summed E-state index contributed by atoms with van der Waals surface area (Å²) >= 11 is 1.46. The Bertz CT molecular complexity index is 1290. The van der Waals surface area contributed by atoms with Crippen LogP contribution in [0.15, 0.2) is 58.5 Å². The van der Waals surface area contributed by atoms with Crippen LogP contribution >= 0.6 is 11.8 Å². The largest absolute Gasteiger partial charge is 0.297 e. The molecule has 1 aliphatic carbocycles. The molecule has 2 aromatic carbocycles. The van der Waals surface area contributed by atoms with Gasteiger partial charge in [-0.05, 0) is 59.5 Å². The van der Waals surface area contributed by atoms with E-state index in [1.165, 1.54) is 22.5 Å². The van der Waals surface area contributed by atoms with Crippen LogP contribution in [0.2, 0.25) is 0 Å². The van der Waals surface area contributed by atoms with Gasteiger partial charge in [0.25, 0.3) is 5.56 Å². The summed E-state index contributed by atoms with van der Waals surface area (Å²) in [4.78, 5) is 13.3. The predicted molar refractivity (Wildman–Crippen MR) is 112 cm³/mol. The molecular formula is C21H19FN6OS. The van der Waals surface area contributed by atoms with Gasteiger partial charge in [-0.2, -0.15) is 4.68 Å². The molecule has 152 valence electrons. The Kier molecular flexibility index (Phi) is 4.54. The maximum atomic E-state index is 14.1. The molecule has 9 heteroatoms. The third-order valence-corrected chi connectivity index (χ3v) is 6.82. The van der Waals surface area contributed by atoms with Gasteiger partial charge in [0.2, 0.25) is 5.16 Å². The van der Waals surface area contributed by atoms with E-state index in [1.54, 1.807) is 15.4 Å². The number of tetrazole rings is 1. The number of thioether (sulfide) groups is 1. The van der Waals surface area contributed by atoms with Crippen LogP contribution in [0.25, 0.3) is 11.4 Å². The molecule has 30 heavy (non-hydrogen) atoms. The first-order chi connectivity index (χ1) is 14.6. The molecule has 1 unspecified atom stereocenters. The molecule has 5 rings (SSSR count). The summed E-state index contributed by atoms with van der Waals surface area (Å²) in [6.07, 6.45) is 1.49. The first kappa shape index (κ1) is 18.8. The van der Waals surface area contributed by atoms with Gasteiger partial charge in [-0.3, -0.25) is 9.48 Å². The molecular weight excluding hydrogens is 403 g/mol. The van der Waals surface area contributed by atoms with Gasteiger partial charge in [0.05, 0.1) is 11.4 Å². The second-order valence-corrected chi connectivity index (χ2v) is 8.41. The lowest BCUT2D eigenvalue weighted by Crippen LogP contribution is -2.22. The molecule has 0 saturated carbocycles. The van der Waals surface area contributed by atoms with Crippen molar-refractivity contribution in [1.82, 2.24) is 29.6 Å². The minimum atomic E-state index is -0.201. The number of fused-ring (bicyclic) bond motifs is 1. The third-order valence-electron chi connectivity index (χ3n) is 5.58. The number of hydrogen-bond acceptors (Lipinski definition) is 5. The van der Waals surface area contributed by atoms with E-state index in [0.717, 1.165) is 28.9 Å². The summed E-state index contributed by atoms with van der Waals surface area (Å²) in [7, 11) is 1.83. The van der Waals surface area contributed by atoms with Gasteiger partial charge in [0, 0.05) is 12.3 Å². The van der Waals surface area contributed by atoms with Crippen LogP contribution in [0.5, 0.6) is 0 Å². The summed E-state index contributed by atoms with van der Waals surface area (Å²) in [5, 5.41) is 12.6. The number of para-hydroxylation sites is 1. The predicted octanol–water partition coefficient (Wildman–Crippen LogP) is 3.38. The van der Waals surface area contributed by atoms with Gasteiger partial charge >= 0.3 is 0 Å². The van der Waals surface area contributed by atoms with Gasteiger partial charge in [0.15, 0.2) is 5.69 Å². The van der Waals surface area contributed by atoms with Crippen LogP contribution in [-0.4, -0.2) is 29.6 Å². The summed E-state index contributed by atoms with van der Waals surface area (Å²) in [5.74, 6) is -0.167. The first-order valence-electron chi connectivity index (χ1n) is 9.63.